The third kappa shape index (κ3) is 2.69. The molecule has 60 valence electrons. The van der Waals surface area contributed by atoms with Crippen LogP contribution in [0.1, 0.15) is 13.3 Å². The van der Waals surface area contributed by atoms with Gasteiger partial charge in [0.15, 0.2) is 0 Å². The Morgan fingerprint density at radius 2 is 2.64 bits per heavy atom. The van der Waals surface area contributed by atoms with Crippen molar-refractivity contribution in [3.8, 4) is 6.07 Å². The van der Waals surface area contributed by atoms with Crippen LogP contribution in [0.25, 0.3) is 0 Å². The van der Waals surface area contributed by atoms with Crippen molar-refractivity contribution in [2.45, 2.75) is 19.4 Å². The van der Waals surface area contributed by atoms with Crippen LogP contribution in [0.15, 0.2) is 4.99 Å². The maximum absolute atomic E-state index is 8.30. The Balaban J connectivity index is 2.03. The predicted octanol–water partition coefficient (Wildman–Crippen LogP) is 0.675. The Hall–Kier alpha value is -0.880. The molecule has 0 N–H and O–H groups in total. The largest absolute Gasteiger partial charge is 0.296 e. The van der Waals surface area contributed by atoms with Gasteiger partial charge in [-0.3, -0.25) is 9.89 Å². The van der Waals surface area contributed by atoms with Crippen LogP contribution >= 0.6 is 0 Å². The summed E-state index contributed by atoms with van der Waals surface area (Å²) >= 11 is 0. The normalized spacial score (nSPS) is 28.7. The molecule has 11 heavy (non-hydrogen) atoms. The van der Waals surface area contributed by atoms with Gasteiger partial charge in [-0.25, -0.2) is 0 Å². The second-order valence-electron chi connectivity index (χ2n) is 2.68. The zero-order valence-corrected chi connectivity index (χ0v) is 6.82. The molecule has 3 heteroatoms. The molecule has 0 aliphatic carbocycles. The molecule has 3 nitrogen and oxygen atoms in total. The highest BCUT2D eigenvalue weighted by Gasteiger charge is 2.32. The van der Waals surface area contributed by atoms with E-state index in [4.69, 9.17) is 5.26 Å². The lowest BCUT2D eigenvalue weighted by atomic mass is 10.4. The van der Waals surface area contributed by atoms with E-state index >= 15 is 0 Å². The Labute approximate surface area is 67.3 Å². The fourth-order valence-corrected chi connectivity index (χ4v) is 1.09. The van der Waals surface area contributed by atoms with E-state index in [0.717, 1.165) is 19.6 Å². The number of hydrogen-bond acceptors (Lipinski definition) is 3. The monoisotopic (exact) mass is 151 g/mol. The number of nitrogens with zero attached hydrogens (tertiary/aromatic N) is 3. The Morgan fingerprint density at radius 3 is 3.27 bits per heavy atom. The van der Waals surface area contributed by atoms with Gasteiger partial charge in [0.1, 0.15) is 0 Å². The molecule has 1 rings (SSSR count). The summed E-state index contributed by atoms with van der Waals surface area (Å²) in [5.74, 6) is 0. The maximum Gasteiger partial charge on any atom is 0.0635 e. The first-order valence-corrected chi connectivity index (χ1v) is 3.94. The fraction of sp³-hybridized carbons (Fsp3) is 0.750. The summed E-state index contributed by atoms with van der Waals surface area (Å²) < 4.78 is 0. The average Bonchev–Trinajstić information content (AvgIpc) is 2.76. The van der Waals surface area contributed by atoms with Crippen LogP contribution in [0, 0.1) is 11.3 Å². The van der Waals surface area contributed by atoms with Gasteiger partial charge < -0.3 is 0 Å². The number of hydrogen-bond donors (Lipinski definition) is 0. The van der Waals surface area contributed by atoms with Gasteiger partial charge in [0.2, 0.25) is 0 Å². The third-order valence-corrected chi connectivity index (χ3v) is 1.84. The molecule has 0 radical (unpaired) electrons. The van der Waals surface area contributed by atoms with Gasteiger partial charge in [0, 0.05) is 25.6 Å². The first-order chi connectivity index (χ1) is 5.38. The summed E-state index contributed by atoms with van der Waals surface area (Å²) in [7, 11) is 0. The zero-order valence-electron chi connectivity index (χ0n) is 6.82. The van der Waals surface area contributed by atoms with Crippen molar-refractivity contribution in [3.05, 3.63) is 0 Å². The van der Waals surface area contributed by atoms with Crippen LogP contribution in [0.3, 0.4) is 0 Å². The molecular weight excluding hydrogens is 138 g/mol. The quantitative estimate of drug-likeness (QED) is 0.437. The number of nitriles is 1. The highest BCUT2D eigenvalue weighted by molar-refractivity contribution is 5.53. The Kier molecular flexibility index (Phi) is 3.06. The number of aliphatic imine (C=N–C) groups is 1. The predicted molar refractivity (Wildman–Crippen MR) is 44.6 cm³/mol. The maximum atomic E-state index is 8.30. The Morgan fingerprint density at radius 1 is 1.82 bits per heavy atom. The van der Waals surface area contributed by atoms with Crippen LogP contribution in [0.2, 0.25) is 0 Å². The standard InChI is InChI=1S/C8H13N3/c1-2-10-6-8-7-11(8)5-3-4-9/h2,8H,3,5-7H2,1H3/t8-,11?/m1/s1. The summed E-state index contributed by atoms with van der Waals surface area (Å²) in [5.41, 5.74) is 0. The van der Waals surface area contributed by atoms with Gasteiger partial charge in [0.25, 0.3) is 0 Å². The molecule has 1 unspecified atom stereocenters. The molecule has 0 saturated carbocycles. The molecule has 0 aromatic heterocycles. The van der Waals surface area contributed by atoms with Gasteiger partial charge in [-0.15, -0.1) is 0 Å². The lowest BCUT2D eigenvalue weighted by Gasteiger charge is -1.95. The van der Waals surface area contributed by atoms with E-state index in [2.05, 4.69) is 16.0 Å². The summed E-state index contributed by atoms with van der Waals surface area (Å²) in [5, 5.41) is 8.30. The van der Waals surface area contributed by atoms with Gasteiger partial charge >= 0.3 is 0 Å². The van der Waals surface area contributed by atoms with E-state index in [1.54, 1.807) is 0 Å². The van der Waals surface area contributed by atoms with Crippen molar-refractivity contribution < 1.29 is 0 Å². The Bertz CT molecular complexity index is 180. The van der Waals surface area contributed by atoms with Gasteiger partial charge in [-0.2, -0.15) is 5.26 Å². The first kappa shape index (κ1) is 8.22. The SMILES string of the molecule is CC=NC[C@@H]1CN1CCC#N. The molecular formula is C8H13N3. The molecule has 0 aromatic rings. The molecule has 0 bridgehead atoms. The first-order valence-electron chi connectivity index (χ1n) is 3.94. The fourth-order valence-electron chi connectivity index (χ4n) is 1.09. The molecule has 1 saturated heterocycles. The molecule has 1 fully saturated rings. The summed E-state index contributed by atoms with van der Waals surface area (Å²) in [6, 6.07) is 2.76. The molecule has 0 spiro atoms. The smallest absolute Gasteiger partial charge is 0.0635 e. The van der Waals surface area contributed by atoms with Crippen molar-refractivity contribution in [2.75, 3.05) is 19.6 Å². The van der Waals surface area contributed by atoms with Gasteiger partial charge in [-0.05, 0) is 13.1 Å². The van der Waals surface area contributed by atoms with E-state index in [1.807, 2.05) is 13.1 Å². The van der Waals surface area contributed by atoms with Crippen LogP contribution in [0.4, 0.5) is 0 Å². The summed E-state index contributed by atoms with van der Waals surface area (Å²) in [4.78, 5) is 6.42. The second kappa shape index (κ2) is 4.09. The van der Waals surface area contributed by atoms with Crippen LogP contribution < -0.4 is 0 Å². The van der Waals surface area contributed by atoms with E-state index in [1.165, 1.54) is 0 Å². The minimum atomic E-state index is 0.625. The second-order valence-corrected chi connectivity index (χ2v) is 2.68. The van der Waals surface area contributed by atoms with Crippen LogP contribution in [-0.4, -0.2) is 36.8 Å². The molecule has 0 amide bonds. The molecule has 1 heterocycles. The minimum Gasteiger partial charge on any atom is -0.296 e. The number of rotatable bonds is 4. The van der Waals surface area contributed by atoms with E-state index in [-0.39, 0.29) is 0 Å². The zero-order chi connectivity index (χ0) is 8.10. The van der Waals surface area contributed by atoms with Crippen molar-refractivity contribution in [2.24, 2.45) is 4.99 Å². The van der Waals surface area contributed by atoms with Crippen molar-refractivity contribution in [1.82, 2.24) is 4.90 Å². The summed E-state index contributed by atoms with van der Waals surface area (Å²) in [6.45, 7) is 4.88. The summed E-state index contributed by atoms with van der Waals surface area (Å²) in [6.07, 6.45) is 2.48. The van der Waals surface area contributed by atoms with Crippen LogP contribution in [-0.2, 0) is 0 Å². The topological polar surface area (TPSA) is 39.2 Å². The molecule has 0 aromatic carbocycles. The lowest BCUT2D eigenvalue weighted by molar-refractivity contribution is 0.519. The van der Waals surface area contributed by atoms with E-state index in [0.29, 0.717) is 12.5 Å². The highest BCUT2D eigenvalue weighted by Crippen LogP contribution is 2.16. The van der Waals surface area contributed by atoms with Gasteiger partial charge in [0.05, 0.1) is 12.6 Å². The lowest BCUT2D eigenvalue weighted by Crippen LogP contribution is -2.05. The van der Waals surface area contributed by atoms with E-state index in [9.17, 15) is 0 Å². The molecule has 1 aliphatic rings. The highest BCUT2D eigenvalue weighted by atomic mass is 15.3. The van der Waals surface area contributed by atoms with Crippen LogP contribution in [0.5, 0.6) is 0 Å². The van der Waals surface area contributed by atoms with Crippen molar-refractivity contribution in [3.63, 3.8) is 0 Å². The van der Waals surface area contributed by atoms with E-state index < -0.39 is 0 Å². The van der Waals surface area contributed by atoms with Crippen molar-refractivity contribution in [1.29, 1.82) is 5.26 Å². The van der Waals surface area contributed by atoms with Crippen molar-refractivity contribution >= 4 is 6.21 Å². The molecule has 1 aliphatic heterocycles. The van der Waals surface area contributed by atoms with Gasteiger partial charge in [-0.1, -0.05) is 0 Å². The third-order valence-electron chi connectivity index (χ3n) is 1.84. The average molecular weight is 151 g/mol. The molecule has 2 atom stereocenters. The minimum absolute atomic E-state index is 0.625.